The lowest BCUT2D eigenvalue weighted by molar-refractivity contribution is -0.110. The maximum atomic E-state index is 12.1. The van der Waals surface area contributed by atoms with Crippen LogP contribution in [-0.4, -0.2) is 20.0 Å². The molecule has 0 heterocycles. The summed E-state index contributed by atoms with van der Waals surface area (Å²) in [5.41, 5.74) is 4.33. The van der Waals surface area contributed by atoms with E-state index in [0.717, 1.165) is 48.3 Å². The molecule has 1 spiro atoms. The van der Waals surface area contributed by atoms with E-state index in [9.17, 15) is 4.79 Å². The zero-order valence-corrected chi connectivity index (χ0v) is 15.1. The highest BCUT2D eigenvalue weighted by molar-refractivity contribution is 6.02. The van der Waals surface area contributed by atoms with Gasteiger partial charge in [0.05, 0.1) is 14.2 Å². The number of hydrogen-bond acceptors (Lipinski definition) is 3. The normalized spacial score (nSPS) is 30.1. The van der Waals surface area contributed by atoms with Gasteiger partial charge in [0.1, 0.15) is 0 Å². The van der Waals surface area contributed by atoms with Crippen LogP contribution in [0.25, 0.3) is 5.57 Å². The van der Waals surface area contributed by atoms with Gasteiger partial charge in [-0.1, -0.05) is 31.2 Å². The number of carbonyl (C=O) groups excluding carboxylic acids is 1. The number of allylic oxidation sites excluding steroid dienone is 5. The van der Waals surface area contributed by atoms with Gasteiger partial charge in [-0.05, 0) is 60.5 Å². The van der Waals surface area contributed by atoms with Crippen LogP contribution in [0.3, 0.4) is 0 Å². The second-order valence-corrected chi connectivity index (χ2v) is 7.63. The summed E-state index contributed by atoms with van der Waals surface area (Å²) in [5, 5.41) is 0. The Morgan fingerprint density at radius 2 is 2.00 bits per heavy atom. The van der Waals surface area contributed by atoms with Crippen LogP contribution >= 0.6 is 0 Å². The molecule has 130 valence electrons. The van der Waals surface area contributed by atoms with Gasteiger partial charge in [0.15, 0.2) is 17.3 Å². The molecule has 0 unspecified atom stereocenters. The number of methoxy groups -OCH3 is 2. The highest BCUT2D eigenvalue weighted by Crippen LogP contribution is 2.65. The lowest BCUT2D eigenvalue weighted by Crippen LogP contribution is -2.50. The van der Waals surface area contributed by atoms with Crippen molar-refractivity contribution in [3.8, 4) is 11.5 Å². The molecule has 0 radical (unpaired) electrons. The smallest absolute Gasteiger partial charge is 0.178 e. The molecular weight excluding hydrogens is 312 g/mol. The highest BCUT2D eigenvalue weighted by atomic mass is 16.5. The standard InChI is InChI=1S/C22H24O3/c1-14-13-21(2)10-5-6-15-12-16(23)9-11-22(15,21)17-7-8-18(24-3)20(25-4)19(14)17/h7-9,11-12H,1,5-6,10,13H2,2-4H3/t21-,22+/m1/s1. The third-order valence-electron chi connectivity index (χ3n) is 6.37. The minimum absolute atomic E-state index is 0.0258. The van der Waals surface area contributed by atoms with Gasteiger partial charge >= 0.3 is 0 Å². The first-order valence-corrected chi connectivity index (χ1v) is 8.85. The van der Waals surface area contributed by atoms with Gasteiger partial charge in [-0.3, -0.25) is 4.79 Å². The lowest BCUT2D eigenvalue weighted by atomic mass is 9.46. The topological polar surface area (TPSA) is 35.5 Å². The van der Waals surface area contributed by atoms with E-state index in [2.05, 4.69) is 25.6 Å². The quantitative estimate of drug-likeness (QED) is 0.791. The van der Waals surface area contributed by atoms with Crippen LogP contribution in [0, 0.1) is 5.41 Å². The van der Waals surface area contributed by atoms with Crippen LogP contribution < -0.4 is 9.47 Å². The van der Waals surface area contributed by atoms with Crippen molar-refractivity contribution in [2.75, 3.05) is 14.2 Å². The van der Waals surface area contributed by atoms with Gasteiger partial charge in [-0.2, -0.15) is 0 Å². The summed E-state index contributed by atoms with van der Waals surface area (Å²) in [6.07, 6.45) is 9.82. The summed E-state index contributed by atoms with van der Waals surface area (Å²) >= 11 is 0. The summed E-state index contributed by atoms with van der Waals surface area (Å²) in [6.45, 7) is 6.72. The summed E-state index contributed by atoms with van der Waals surface area (Å²) in [7, 11) is 3.33. The Kier molecular flexibility index (Phi) is 3.47. The van der Waals surface area contributed by atoms with Crippen molar-refractivity contribution in [1.29, 1.82) is 0 Å². The second kappa shape index (κ2) is 5.35. The van der Waals surface area contributed by atoms with E-state index in [1.54, 1.807) is 20.3 Å². The molecule has 0 bridgehead atoms. The van der Waals surface area contributed by atoms with E-state index < -0.39 is 0 Å². The summed E-state index contributed by atoms with van der Waals surface area (Å²) in [6, 6.07) is 4.11. The first-order chi connectivity index (χ1) is 12.0. The zero-order valence-electron chi connectivity index (χ0n) is 15.1. The van der Waals surface area contributed by atoms with Crippen LogP contribution in [0.2, 0.25) is 0 Å². The predicted octanol–water partition coefficient (Wildman–Crippen LogP) is 4.61. The van der Waals surface area contributed by atoms with Crippen LogP contribution in [-0.2, 0) is 10.2 Å². The maximum absolute atomic E-state index is 12.1. The van der Waals surface area contributed by atoms with Crippen molar-refractivity contribution in [2.24, 2.45) is 5.41 Å². The molecule has 0 amide bonds. The highest BCUT2D eigenvalue weighted by Gasteiger charge is 2.56. The molecule has 3 aliphatic carbocycles. The third kappa shape index (κ3) is 1.95. The number of hydrogen-bond donors (Lipinski definition) is 0. The molecule has 1 fully saturated rings. The van der Waals surface area contributed by atoms with Gasteiger partial charge in [-0.15, -0.1) is 0 Å². The number of ether oxygens (including phenoxy) is 2. The van der Waals surface area contributed by atoms with Crippen molar-refractivity contribution < 1.29 is 14.3 Å². The molecular formula is C22H24O3. The molecule has 0 aromatic heterocycles. The van der Waals surface area contributed by atoms with Crippen LogP contribution in [0.1, 0.15) is 43.7 Å². The van der Waals surface area contributed by atoms with Crippen molar-refractivity contribution >= 4 is 11.4 Å². The lowest BCUT2D eigenvalue weighted by Gasteiger charge is -2.57. The van der Waals surface area contributed by atoms with Crippen molar-refractivity contribution in [1.82, 2.24) is 0 Å². The fourth-order valence-corrected chi connectivity index (χ4v) is 5.35. The molecule has 0 N–H and O–H groups in total. The Labute approximate surface area is 149 Å². The average Bonchev–Trinajstić information content (AvgIpc) is 2.59. The monoisotopic (exact) mass is 336 g/mol. The molecule has 2 atom stereocenters. The predicted molar refractivity (Wildman–Crippen MR) is 99.1 cm³/mol. The Morgan fingerprint density at radius 1 is 1.20 bits per heavy atom. The van der Waals surface area contributed by atoms with Gasteiger partial charge in [0.25, 0.3) is 0 Å². The maximum Gasteiger partial charge on any atom is 0.178 e. The molecule has 0 aliphatic heterocycles. The van der Waals surface area contributed by atoms with Gasteiger partial charge in [0, 0.05) is 11.0 Å². The number of carbonyl (C=O) groups is 1. The molecule has 3 aliphatic rings. The Balaban J connectivity index is 2.07. The summed E-state index contributed by atoms with van der Waals surface area (Å²) in [4.78, 5) is 12.1. The first kappa shape index (κ1) is 16.2. The van der Waals surface area contributed by atoms with Gasteiger partial charge < -0.3 is 9.47 Å². The fraction of sp³-hybridized carbons (Fsp3) is 0.409. The minimum Gasteiger partial charge on any atom is -0.493 e. The van der Waals surface area contributed by atoms with Crippen LogP contribution in [0.5, 0.6) is 11.5 Å². The van der Waals surface area contributed by atoms with E-state index in [1.807, 2.05) is 12.1 Å². The SMILES string of the molecule is C=C1C[C@@]2(C)CCCC3=CC(=O)C=C[C@@]32c2ccc(OC)c(OC)c21. The summed E-state index contributed by atoms with van der Waals surface area (Å²) in [5.74, 6) is 1.56. The third-order valence-corrected chi connectivity index (χ3v) is 6.37. The second-order valence-electron chi connectivity index (χ2n) is 7.63. The summed E-state index contributed by atoms with van der Waals surface area (Å²) < 4.78 is 11.2. The average molecular weight is 336 g/mol. The van der Waals surface area contributed by atoms with E-state index in [0.29, 0.717) is 0 Å². The first-order valence-electron chi connectivity index (χ1n) is 8.85. The van der Waals surface area contributed by atoms with Gasteiger partial charge in [-0.25, -0.2) is 0 Å². The van der Waals surface area contributed by atoms with Crippen LogP contribution in [0.4, 0.5) is 0 Å². The number of ketones is 1. The molecule has 3 heteroatoms. The van der Waals surface area contributed by atoms with Crippen molar-refractivity contribution in [3.05, 3.63) is 53.6 Å². The molecule has 3 nitrogen and oxygen atoms in total. The molecule has 4 rings (SSSR count). The Hall–Kier alpha value is -2.29. The zero-order chi connectivity index (χ0) is 17.8. The van der Waals surface area contributed by atoms with Crippen molar-refractivity contribution in [2.45, 2.75) is 38.0 Å². The Morgan fingerprint density at radius 3 is 2.72 bits per heavy atom. The van der Waals surface area contributed by atoms with E-state index in [4.69, 9.17) is 9.47 Å². The van der Waals surface area contributed by atoms with Crippen molar-refractivity contribution in [3.63, 3.8) is 0 Å². The number of benzene rings is 1. The number of fused-ring (bicyclic) bond motifs is 1. The van der Waals surface area contributed by atoms with Crippen LogP contribution in [0.15, 0.2) is 42.5 Å². The largest absolute Gasteiger partial charge is 0.493 e. The van der Waals surface area contributed by atoms with E-state index in [-0.39, 0.29) is 16.6 Å². The Bertz CT molecular complexity index is 845. The molecule has 25 heavy (non-hydrogen) atoms. The molecule has 1 aromatic carbocycles. The fourth-order valence-electron chi connectivity index (χ4n) is 5.35. The molecule has 1 saturated carbocycles. The molecule has 0 saturated heterocycles. The van der Waals surface area contributed by atoms with E-state index in [1.165, 1.54) is 11.1 Å². The van der Waals surface area contributed by atoms with E-state index >= 15 is 0 Å². The minimum atomic E-state index is -0.255. The molecule has 1 aromatic rings. The van der Waals surface area contributed by atoms with Gasteiger partial charge in [0.2, 0.25) is 0 Å². The number of rotatable bonds is 2.